The lowest BCUT2D eigenvalue weighted by Crippen LogP contribution is -2.50. The van der Waals surface area contributed by atoms with Crippen molar-refractivity contribution in [3.63, 3.8) is 0 Å². The molecule has 148 valence electrons. The van der Waals surface area contributed by atoms with Crippen molar-refractivity contribution >= 4 is 14.3 Å². The lowest BCUT2D eigenvalue weighted by Gasteiger charge is -2.42. The van der Waals surface area contributed by atoms with Crippen molar-refractivity contribution in [2.75, 3.05) is 13.7 Å². The van der Waals surface area contributed by atoms with Crippen molar-refractivity contribution in [1.82, 2.24) is 5.32 Å². The summed E-state index contributed by atoms with van der Waals surface area (Å²) in [4.78, 5) is 12.5. The highest BCUT2D eigenvalue weighted by Gasteiger charge is 2.43. The molecule has 0 fully saturated rings. The first-order valence-electron chi connectivity index (χ1n) is 9.50. The zero-order valence-electron chi connectivity index (χ0n) is 17.8. The Hall–Kier alpha value is -1.17. The molecule has 5 heteroatoms. The molecule has 0 aliphatic heterocycles. The molecule has 0 aromatic heterocycles. The van der Waals surface area contributed by atoms with Crippen molar-refractivity contribution in [2.45, 2.75) is 65.4 Å². The van der Waals surface area contributed by atoms with Crippen molar-refractivity contribution in [2.24, 2.45) is 11.8 Å². The second-order valence-electron chi connectivity index (χ2n) is 8.83. The van der Waals surface area contributed by atoms with E-state index >= 15 is 0 Å². The Balaban J connectivity index is 2.89. The molecular formula is C21H37NO3Si. The Kier molecular flexibility index (Phi) is 8.51. The quantitative estimate of drug-likeness (QED) is 0.503. The molecule has 0 heterocycles. The molecular weight excluding hydrogens is 342 g/mol. The number of benzene rings is 1. The number of rotatable bonds is 9. The van der Waals surface area contributed by atoms with Gasteiger partial charge in [-0.1, -0.05) is 65.0 Å². The number of hydrogen-bond donors (Lipinski definition) is 1. The molecule has 0 amide bonds. The van der Waals surface area contributed by atoms with Crippen molar-refractivity contribution in [3.8, 4) is 0 Å². The molecule has 0 aliphatic rings. The van der Waals surface area contributed by atoms with E-state index in [4.69, 9.17) is 9.16 Å². The molecule has 1 aromatic carbocycles. The lowest BCUT2D eigenvalue weighted by atomic mass is 9.93. The Labute approximate surface area is 160 Å². The predicted octanol–water partition coefficient (Wildman–Crippen LogP) is 4.61. The van der Waals surface area contributed by atoms with Gasteiger partial charge < -0.3 is 14.5 Å². The summed E-state index contributed by atoms with van der Waals surface area (Å²) in [5, 5.41) is 3.51. The van der Waals surface area contributed by atoms with Gasteiger partial charge in [0, 0.05) is 13.1 Å². The number of hydrogen-bond acceptors (Lipinski definition) is 4. The standard InChI is InChI=1S/C21H37NO3Si/c1-16(2)19(25-26(7,8)21(3,4)5)18(20(23)24-6)15-22-14-17-12-10-9-11-13-17/h9-13,16,18-19,22H,14-15H2,1-8H3/t18-,19+/m0/s1. The Morgan fingerprint density at radius 1 is 1.15 bits per heavy atom. The molecule has 0 spiro atoms. The van der Waals surface area contributed by atoms with E-state index in [1.807, 2.05) is 18.2 Å². The molecule has 0 saturated carbocycles. The van der Waals surface area contributed by atoms with Crippen LogP contribution in [0.4, 0.5) is 0 Å². The highest BCUT2D eigenvalue weighted by atomic mass is 28.4. The van der Waals surface area contributed by atoms with Gasteiger partial charge in [-0.15, -0.1) is 0 Å². The summed E-state index contributed by atoms with van der Waals surface area (Å²) in [6.07, 6.45) is -0.161. The van der Waals surface area contributed by atoms with E-state index in [0.29, 0.717) is 6.54 Å². The highest BCUT2D eigenvalue weighted by Crippen LogP contribution is 2.39. The lowest BCUT2D eigenvalue weighted by molar-refractivity contribution is -0.150. The molecule has 0 saturated heterocycles. The van der Waals surface area contributed by atoms with Gasteiger partial charge >= 0.3 is 5.97 Å². The van der Waals surface area contributed by atoms with E-state index in [9.17, 15) is 4.79 Å². The van der Waals surface area contributed by atoms with Gasteiger partial charge in [-0.25, -0.2) is 0 Å². The molecule has 1 N–H and O–H groups in total. The van der Waals surface area contributed by atoms with Crippen molar-refractivity contribution in [1.29, 1.82) is 0 Å². The van der Waals surface area contributed by atoms with Gasteiger partial charge in [0.1, 0.15) is 0 Å². The van der Waals surface area contributed by atoms with Crippen molar-refractivity contribution < 1.29 is 14.0 Å². The van der Waals surface area contributed by atoms with E-state index in [0.717, 1.165) is 6.54 Å². The fourth-order valence-corrected chi connectivity index (χ4v) is 4.12. The highest BCUT2D eigenvalue weighted by molar-refractivity contribution is 6.74. The molecule has 1 rings (SSSR count). The largest absolute Gasteiger partial charge is 0.469 e. The van der Waals surface area contributed by atoms with Crippen LogP contribution < -0.4 is 5.32 Å². The molecule has 2 atom stereocenters. The van der Waals surface area contributed by atoms with E-state index in [1.165, 1.54) is 12.7 Å². The summed E-state index contributed by atoms with van der Waals surface area (Å²) < 4.78 is 11.8. The molecule has 0 unspecified atom stereocenters. The monoisotopic (exact) mass is 379 g/mol. The van der Waals surface area contributed by atoms with Crippen LogP contribution in [0.15, 0.2) is 30.3 Å². The van der Waals surface area contributed by atoms with Gasteiger partial charge in [0.25, 0.3) is 0 Å². The second kappa shape index (κ2) is 9.67. The van der Waals surface area contributed by atoms with Crippen LogP contribution in [0.5, 0.6) is 0 Å². The topological polar surface area (TPSA) is 47.6 Å². The molecule has 0 radical (unpaired) electrons. The summed E-state index contributed by atoms with van der Waals surface area (Å²) in [7, 11) is -0.536. The van der Waals surface area contributed by atoms with Crippen LogP contribution in [0.2, 0.25) is 18.1 Å². The van der Waals surface area contributed by atoms with Gasteiger partial charge in [0.15, 0.2) is 8.32 Å². The first kappa shape index (κ1) is 22.9. The van der Waals surface area contributed by atoms with Crippen LogP contribution in [-0.4, -0.2) is 34.0 Å². The van der Waals surface area contributed by atoms with Gasteiger partial charge in [-0.3, -0.25) is 4.79 Å². The van der Waals surface area contributed by atoms with Crippen molar-refractivity contribution in [3.05, 3.63) is 35.9 Å². The number of nitrogens with one attached hydrogen (secondary N) is 1. The van der Waals surface area contributed by atoms with E-state index in [2.05, 4.69) is 65.2 Å². The molecule has 1 aromatic rings. The first-order chi connectivity index (χ1) is 12.0. The third kappa shape index (κ3) is 6.52. The van der Waals surface area contributed by atoms with Crippen LogP contribution in [0, 0.1) is 11.8 Å². The number of carbonyl (C=O) groups excluding carboxylic acids is 1. The van der Waals surface area contributed by atoms with Crippen LogP contribution in [0.1, 0.15) is 40.2 Å². The zero-order valence-corrected chi connectivity index (χ0v) is 18.8. The molecule has 0 aliphatic carbocycles. The number of ether oxygens (including phenoxy) is 1. The molecule has 4 nitrogen and oxygen atoms in total. The van der Waals surface area contributed by atoms with Gasteiger partial charge in [-0.2, -0.15) is 0 Å². The van der Waals surface area contributed by atoms with Gasteiger partial charge in [0.05, 0.1) is 19.1 Å². The normalized spacial score (nSPS) is 15.0. The van der Waals surface area contributed by atoms with Crippen LogP contribution in [-0.2, 0) is 20.5 Å². The third-order valence-electron chi connectivity index (χ3n) is 5.33. The SMILES string of the molecule is COC(=O)[C@@H](CNCc1ccccc1)[C@H](O[Si](C)(C)C(C)(C)C)C(C)C. The minimum Gasteiger partial charge on any atom is -0.469 e. The maximum Gasteiger partial charge on any atom is 0.312 e. The fraction of sp³-hybridized carbons (Fsp3) is 0.667. The third-order valence-corrected chi connectivity index (χ3v) is 9.80. The van der Waals surface area contributed by atoms with E-state index in [-0.39, 0.29) is 28.9 Å². The maximum atomic E-state index is 12.5. The number of carbonyl (C=O) groups is 1. The molecule has 26 heavy (non-hydrogen) atoms. The maximum absolute atomic E-state index is 12.5. The molecule has 0 bridgehead atoms. The Morgan fingerprint density at radius 2 is 1.73 bits per heavy atom. The van der Waals surface area contributed by atoms with Crippen LogP contribution >= 0.6 is 0 Å². The minimum atomic E-state index is -1.99. The Morgan fingerprint density at radius 3 is 2.19 bits per heavy atom. The van der Waals surface area contributed by atoms with E-state index < -0.39 is 8.32 Å². The van der Waals surface area contributed by atoms with Crippen LogP contribution in [0.3, 0.4) is 0 Å². The van der Waals surface area contributed by atoms with E-state index in [1.54, 1.807) is 0 Å². The summed E-state index contributed by atoms with van der Waals surface area (Å²) >= 11 is 0. The average Bonchev–Trinajstić information content (AvgIpc) is 2.56. The summed E-state index contributed by atoms with van der Waals surface area (Å²) in [5.74, 6) is -0.299. The summed E-state index contributed by atoms with van der Waals surface area (Å²) in [5.41, 5.74) is 1.20. The van der Waals surface area contributed by atoms with Gasteiger partial charge in [0.2, 0.25) is 0 Å². The average molecular weight is 380 g/mol. The Bertz CT molecular complexity index is 552. The zero-order chi connectivity index (χ0) is 20.0. The summed E-state index contributed by atoms with van der Waals surface area (Å²) in [6.45, 7) is 16.6. The minimum absolute atomic E-state index is 0.0955. The first-order valence-corrected chi connectivity index (χ1v) is 12.4. The fourth-order valence-electron chi connectivity index (χ4n) is 2.65. The predicted molar refractivity (Wildman–Crippen MR) is 111 cm³/mol. The number of methoxy groups -OCH3 is 1. The van der Waals surface area contributed by atoms with Crippen LogP contribution in [0.25, 0.3) is 0 Å². The smallest absolute Gasteiger partial charge is 0.312 e. The summed E-state index contributed by atoms with van der Waals surface area (Å²) in [6, 6.07) is 10.2. The second-order valence-corrected chi connectivity index (χ2v) is 13.6. The number of esters is 1. The van der Waals surface area contributed by atoms with Gasteiger partial charge in [-0.05, 0) is 29.6 Å².